The van der Waals surface area contributed by atoms with Gasteiger partial charge in [-0.1, -0.05) is 121 Å². The Bertz CT molecular complexity index is 2010. The van der Waals surface area contributed by atoms with E-state index in [1.807, 2.05) is 26.0 Å². The van der Waals surface area contributed by atoms with Crippen LogP contribution in [0.1, 0.15) is 181 Å². The van der Waals surface area contributed by atoms with Crippen molar-refractivity contribution in [3.63, 3.8) is 0 Å². The first-order valence-corrected chi connectivity index (χ1v) is 30.0. The highest BCUT2D eigenvalue weighted by molar-refractivity contribution is 5.77. The van der Waals surface area contributed by atoms with Crippen molar-refractivity contribution in [3.05, 3.63) is 72.9 Å². The van der Waals surface area contributed by atoms with Crippen molar-refractivity contribution in [2.24, 2.45) is 35.5 Å². The van der Waals surface area contributed by atoms with Crippen LogP contribution in [0.3, 0.4) is 0 Å². The Kier molecular flexibility index (Phi) is 33.8. The van der Waals surface area contributed by atoms with Crippen LogP contribution >= 0.6 is 0 Å². The number of ether oxygens (including phenoxy) is 2. The molecule has 2 heterocycles. The summed E-state index contributed by atoms with van der Waals surface area (Å²) < 4.78 is 11.1. The number of hydrogen-bond donors (Lipinski definition) is 11. The molecule has 1 amide bonds. The molecule has 2 saturated heterocycles. The Labute approximate surface area is 487 Å². The molecule has 0 aromatic carbocycles. The van der Waals surface area contributed by atoms with Crippen molar-refractivity contribution in [3.8, 4) is 0 Å². The molecule has 0 aromatic heterocycles. The number of allylic oxidation sites excluding steroid dienone is 12. The van der Waals surface area contributed by atoms with Gasteiger partial charge in [0.05, 0.1) is 53.5 Å². The first kappa shape index (κ1) is 75.4. The summed E-state index contributed by atoms with van der Waals surface area (Å²) in [4.78, 5) is 40.9. The minimum absolute atomic E-state index is 0.0639. The van der Waals surface area contributed by atoms with Crippen LogP contribution in [0, 0.1) is 35.5 Å². The standard InChI is InChI=1S/C43H71NO8.C21H41NO7/c1-9-11-12-13-14-15-16-17-18-19-20-21-22-23-24-25-26-27-28-29-37(45)44-31-32(3)30-42(7,50)39(47)33(4)38(46)34(5)41(49)52-36(10-2)43(8,51)40(48)35(44)6;1-8-15-21(7,28)18(25)14(5)22-10-11(2)9-20(6,27)17(24)12(3)16(23)13(4)19(26)29-15/h11-12,14-15,17-18,20-21,23-24,26-27,32-36,38-40,46-48,50-51H,9-10,13,16,19,22,25,28-31H2,1-8H3;11-18,22-25,27-28H,8-10H2,1-7H3/b12-11-,15-14-,18-17-,21-20-,24-23-,27-26-;/t32-,33+,34-,35-,36-,38+,39-,40-,42-,43-;11-,12+,13-,14-,15-,16+,17-,18-,20-,21-/m11/s1. The van der Waals surface area contributed by atoms with Gasteiger partial charge in [-0.05, 0) is 144 Å². The lowest BCUT2D eigenvalue weighted by atomic mass is 9.78. The van der Waals surface area contributed by atoms with Gasteiger partial charge in [0, 0.05) is 30.8 Å². The summed E-state index contributed by atoms with van der Waals surface area (Å²) in [5.41, 5.74) is -6.76. The molecule has 2 rings (SSSR count). The predicted molar refractivity (Wildman–Crippen MR) is 319 cm³/mol. The van der Waals surface area contributed by atoms with Crippen LogP contribution in [0.25, 0.3) is 0 Å². The van der Waals surface area contributed by atoms with Crippen LogP contribution in [0.2, 0.25) is 0 Å². The highest BCUT2D eigenvalue weighted by Crippen LogP contribution is 2.34. The summed E-state index contributed by atoms with van der Waals surface area (Å²) in [7, 11) is 0. The zero-order valence-electron chi connectivity index (χ0n) is 52.0. The number of esters is 2. The van der Waals surface area contributed by atoms with E-state index in [2.05, 4.69) is 73.0 Å². The molecule has 0 radical (unpaired) electrons. The molecule has 0 unspecified atom stereocenters. The fourth-order valence-corrected chi connectivity index (χ4v) is 11.1. The quantitative estimate of drug-likeness (QED) is 0.0544. The first-order chi connectivity index (χ1) is 37.7. The Morgan fingerprint density at radius 3 is 1.28 bits per heavy atom. The molecule has 11 N–H and O–H groups in total. The van der Waals surface area contributed by atoms with Crippen molar-refractivity contribution in [2.45, 2.75) is 264 Å². The fourth-order valence-electron chi connectivity index (χ4n) is 11.1. The molecular weight excluding hydrogens is 1040 g/mol. The Hall–Kier alpha value is -3.59. The van der Waals surface area contributed by atoms with Gasteiger partial charge in [0.1, 0.15) is 35.6 Å². The van der Waals surface area contributed by atoms with Gasteiger partial charge in [-0.3, -0.25) is 14.4 Å². The zero-order valence-corrected chi connectivity index (χ0v) is 52.0. The molecule has 2 fully saturated rings. The maximum atomic E-state index is 13.7. The number of rotatable bonds is 16. The molecule has 0 aliphatic carbocycles. The summed E-state index contributed by atoms with van der Waals surface area (Å²) in [6, 6.07) is -1.38. The fraction of sp³-hybridized carbons (Fsp3) is 0.766. The van der Waals surface area contributed by atoms with E-state index in [4.69, 9.17) is 9.47 Å². The van der Waals surface area contributed by atoms with E-state index in [1.54, 1.807) is 41.5 Å². The minimum atomic E-state index is -1.92. The molecule has 17 nitrogen and oxygen atoms in total. The van der Waals surface area contributed by atoms with Crippen LogP contribution in [-0.4, -0.2) is 170 Å². The Morgan fingerprint density at radius 2 is 0.901 bits per heavy atom. The average molecular weight is 1150 g/mol. The lowest BCUT2D eigenvalue weighted by Gasteiger charge is -2.43. The maximum absolute atomic E-state index is 13.7. The first-order valence-electron chi connectivity index (χ1n) is 30.0. The zero-order chi connectivity index (χ0) is 62.1. The van der Waals surface area contributed by atoms with Crippen molar-refractivity contribution >= 4 is 17.8 Å². The summed E-state index contributed by atoms with van der Waals surface area (Å²) >= 11 is 0. The smallest absolute Gasteiger partial charge is 0.311 e. The van der Waals surface area contributed by atoms with Gasteiger partial charge in [-0.25, -0.2) is 0 Å². The Balaban J connectivity index is 0.000000952. The number of aliphatic hydroxyl groups excluding tert-OH is 6. The second-order valence-corrected chi connectivity index (χ2v) is 24.4. The summed E-state index contributed by atoms with van der Waals surface area (Å²) in [6.07, 6.45) is 22.4. The van der Waals surface area contributed by atoms with Gasteiger partial charge in [-0.15, -0.1) is 0 Å². The van der Waals surface area contributed by atoms with Gasteiger partial charge >= 0.3 is 11.9 Å². The van der Waals surface area contributed by atoms with Crippen LogP contribution in [0.15, 0.2) is 72.9 Å². The lowest BCUT2D eigenvalue weighted by Crippen LogP contribution is -2.60. The van der Waals surface area contributed by atoms with Crippen LogP contribution in [0.5, 0.6) is 0 Å². The molecule has 0 aromatic rings. The van der Waals surface area contributed by atoms with E-state index in [1.165, 1.54) is 46.4 Å². The molecule has 2 aliphatic rings. The summed E-state index contributed by atoms with van der Waals surface area (Å²) in [6.45, 7) is 25.1. The molecule has 0 spiro atoms. The average Bonchev–Trinajstić information content (AvgIpc) is 3.54. The molecule has 0 saturated carbocycles. The van der Waals surface area contributed by atoms with Crippen LogP contribution in [-0.2, 0) is 23.9 Å². The largest absolute Gasteiger partial charge is 0.459 e. The molecule has 20 atom stereocenters. The highest BCUT2D eigenvalue weighted by Gasteiger charge is 2.49. The number of hydrogen-bond acceptors (Lipinski definition) is 16. The second kappa shape index (κ2) is 36.3. The van der Waals surface area contributed by atoms with Crippen molar-refractivity contribution in [2.75, 3.05) is 13.1 Å². The number of nitrogens with zero attached hydrogens (tertiary/aromatic N) is 1. The minimum Gasteiger partial charge on any atom is -0.459 e. The predicted octanol–water partition coefficient (Wildman–Crippen LogP) is 7.08. The van der Waals surface area contributed by atoms with E-state index in [0.29, 0.717) is 13.0 Å². The third-order valence-corrected chi connectivity index (χ3v) is 16.6. The SMILES string of the molecule is CC/C=C\C/C=C\C/C=C\C/C=C\C/C=C\C/C=C\CCC(=O)N1C[C@H](C)C[C@@](C)(O)[C@H](O)[C@@H](C)[C@H](O)[C@@H](C)C(=O)O[C@H](CC)[C@@](C)(O)[C@H](O)[C@H]1C.CC[C@H]1OC(=O)[C@H](C)[C@@H](O)[C@H](C)[C@@H](O)[C@](C)(O)C[C@@H](C)CN[C@H](C)[C@@H](O)[C@]1(C)O. The van der Waals surface area contributed by atoms with E-state index in [9.17, 15) is 65.4 Å². The summed E-state index contributed by atoms with van der Waals surface area (Å²) in [5, 5.41) is 113. The van der Waals surface area contributed by atoms with E-state index >= 15 is 0 Å². The molecule has 17 heteroatoms. The van der Waals surface area contributed by atoms with Gasteiger partial charge in [-0.2, -0.15) is 0 Å². The Morgan fingerprint density at radius 1 is 0.543 bits per heavy atom. The number of amides is 1. The van der Waals surface area contributed by atoms with Crippen LogP contribution in [0.4, 0.5) is 0 Å². The van der Waals surface area contributed by atoms with Gasteiger partial charge in [0.25, 0.3) is 0 Å². The van der Waals surface area contributed by atoms with E-state index in [0.717, 1.165) is 38.5 Å². The van der Waals surface area contributed by atoms with Gasteiger partial charge in [0.15, 0.2) is 0 Å². The van der Waals surface area contributed by atoms with Crippen molar-refractivity contribution < 1.29 is 74.9 Å². The lowest BCUT2D eigenvalue weighted by molar-refractivity contribution is -0.194. The number of cyclic esters (lactones) is 2. The van der Waals surface area contributed by atoms with E-state index < -0.39 is 119 Å². The third kappa shape index (κ3) is 24.1. The molecule has 81 heavy (non-hydrogen) atoms. The summed E-state index contributed by atoms with van der Waals surface area (Å²) in [5.74, 6) is -5.91. The van der Waals surface area contributed by atoms with Gasteiger partial charge < -0.3 is 70.8 Å². The number of aliphatic hydroxyl groups is 10. The maximum Gasteiger partial charge on any atom is 0.311 e. The van der Waals surface area contributed by atoms with Gasteiger partial charge in [0.2, 0.25) is 5.91 Å². The normalized spacial score (nSPS) is 39.1. The number of carbonyl (C=O) groups is 3. The molecule has 468 valence electrons. The molecular formula is C64H112N2O15. The van der Waals surface area contributed by atoms with Crippen molar-refractivity contribution in [1.29, 1.82) is 0 Å². The monoisotopic (exact) mass is 1150 g/mol. The van der Waals surface area contributed by atoms with Crippen molar-refractivity contribution in [1.82, 2.24) is 10.2 Å². The highest BCUT2D eigenvalue weighted by atomic mass is 16.6. The topological polar surface area (TPSA) is 287 Å². The van der Waals surface area contributed by atoms with Crippen LogP contribution < -0.4 is 5.32 Å². The number of carbonyl (C=O) groups excluding carboxylic acids is 3. The number of nitrogens with one attached hydrogen (secondary N) is 1. The molecule has 0 bridgehead atoms. The van der Waals surface area contributed by atoms with E-state index in [-0.39, 0.29) is 56.4 Å². The third-order valence-electron chi connectivity index (χ3n) is 16.6. The molecule has 2 aliphatic heterocycles. The second-order valence-electron chi connectivity index (χ2n) is 24.4.